The Morgan fingerprint density at radius 1 is 1.39 bits per heavy atom. The van der Waals surface area contributed by atoms with E-state index in [9.17, 15) is 4.79 Å². The van der Waals surface area contributed by atoms with Gasteiger partial charge < -0.3 is 4.42 Å². The third-order valence-electron chi connectivity index (χ3n) is 3.29. The lowest BCUT2D eigenvalue weighted by atomic mass is 10.2. The summed E-state index contributed by atoms with van der Waals surface area (Å²) in [6, 6.07) is 9.28. The molecule has 1 fully saturated rings. The molecular weight excluding hydrogens is 418 g/mol. The minimum atomic E-state index is -0.0767. The molecule has 0 radical (unpaired) electrons. The van der Waals surface area contributed by atoms with Crippen LogP contribution in [0.4, 0.5) is 0 Å². The maximum absolute atomic E-state index is 12.2. The van der Waals surface area contributed by atoms with Gasteiger partial charge in [0.15, 0.2) is 0 Å². The second-order valence-electron chi connectivity index (χ2n) is 4.76. The molecule has 0 atom stereocenters. The van der Waals surface area contributed by atoms with E-state index < -0.39 is 0 Å². The predicted molar refractivity (Wildman–Crippen MR) is 102 cm³/mol. The standard InChI is InChI=1S/C16H11BrClNO2S2/c1-2-19-15(20)14(23-16(19)22)8-10-4-6-13(21-10)9-3-5-11(17)12(18)7-9/h3-8H,2H2,1H3/b14-8-. The molecule has 3 nitrogen and oxygen atoms in total. The van der Waals surface area contributed by atoms with Crippen LogP contribution in [0.25, 0.3) is 17.4 Å². The number of carbonyl (C=O) groups excluding carboxylic acids is 1. The molecule has 23 heavy (non-hydrogen) atoms. The Morgan fingerprint density at radius 3 is 2.83 bits per heavy atom. The van der Waals surface area contributed by atoms with E-state index in [-0.39, 0.29) is 5.91 Å². The summed E-state index contributed by atoms with van der Waals surface area (Å²) in [6.45, 7) is 2.47. The Kier molecular flexibility index (Phi) is 4.96. The number of thiocarbonyl (C=S) groups is 1. The van der Waals surface area contributed by atoms with Gasteiger partial charge in [-0.25, -0.2) is 0 Å². The van der Waals surface area contributed by atoms with E-state index in [1.165, 1.54) is 11.8 Å². The van der Waals surface area contributed by atoms with E-state index in [0.29, 0.717) is 32.3 Å². The molecule has 118 valence electrons. The van der Waals surface area contributed by atoms with Crippen molar-refractivity contribution in [2.45, 2.75) is 6.92 Å². The van der Waals surface area contributed by atoms with Gasteiger partial charge in [-0.3, -0.25) is 9.69 Å². The fraction of sp³-hybridized carbons (Fsp3) is 0.125. The highest BCUT2D eigenvalue weighted by Crippen LogP contribution is 2.34. The molecule has 0 bridgehead atoms. The average molecular weight is 429 g/mol. The van der Waals surface area contributed by atoms with Crippen molar-refractivity contribution < 1.29 is 9.21 Å². The molecule has 1 aromatic heterocycles. The molecule has 1 aromatic carbocycles. The molecule has 2 aromatic rings. The van der Waals surface area contributed by atoms with Gasteiger partial charge in [0, 0.05) is 22.7 Å². The van der Waals surface area contributed by atoms with E-state index in [2.05, 4.69) is 15.9 Å². The molecule has 0 unspecified atom stereocenters. The molecule has 3 rings (SSSR count). The van der Waals surface area contributed by atoms with Crippen molar-refractivity contribution >= 4 is 67.8 Å². The van der Waals surface area contributed by atoms with E-state index >= 15 is 0 Å². The van der Waals surface area contributed by atoms with Gasteiger partial charge in [-0.15, -0.1) is 0 Å². The van der Waals surface area contributed by atoms with Crippen LogP contribution in [0.2, 0.25) is 5.02 Å². The maximum Gasteiger partial charge on any atom is 0.266 e. The molecule has 1 aliphatic heterocycles. The monoisotopic (exact) mass is 427 g/mol. The highest BCUT2D eigenvalue weighted by molar-refractivity contribution is 9.10. The van der Waals surface area contributed by atoms with Crippen molar-refractivity contribution in [2.24, 2.45) is 0 Å². The van der Waals surface area contributed by atoms with E-state index in [1.54, 1.807) is 11.0 Å². The summed E-state index contributed by atoms with van der Waals surface area (Å²) in [5.41, 5.74) is 0.874. The Bertz CT molecular complexity index is 831. The number of hydrogen-bond acceptors (Lipinski definition) is 4. The minimum absolute atomic E-state index is 0.0767. The maximum atomic E-state index is 12.2. The van der Waals surface area contributed by atoms with Crippen molar-refractivity contribution in [3.05, 3.63) is 50.5 Å². The Labute approximate surface area is 156 Å². The van der Waals surface area contributed by atoms with Crippen molar-refractivity contribution in [1.29, 1.82) is 0 Å². The Balaban J connectivity index is 1.88. The summed E-state index contributed by atoms with van der Waals surface area (Å²) in [7, 11) is 0. The van der Waals surface area contributed by atoms with Gasteiger partial charge in [-0.1, -0.05) is 41.6 Å². The fourth-order valence-corrected chi connectivity index (χ4v) is 3.93. The van der Waals surface area contributed by atoms with Crippen molar-refractivity contribution in [2.75, 3.05) is 6.54 Å². The third kappa shape index (κ3) is 3.40. The molecule has 1 amide bonds. The minimum Gasteiger partial charge on any atom is -0.457 e. The SMILES string of the molecule is CCN1C(=O)/C(=C/c2ccc(-c3ccc(Br)c(Cl)c3)o2)SC1=S. The first kappa shape index (κ1) is 16.8. The lowest BCUT2D eigenvalue weighted by molar-refractivity contribution is -0.121. The zero-order chi connectivity index (χ0) is 16.6. The number of likely N-dealkylation sites (N-methyl/N-ethyl adjacent to an activating group) is 1. The van der Waals surface area contributed by atoms with Crippen LogP contribution in [0.15, 0.2) is 44.1 Å². The fourth-order valence-electron chi connectivity index (χ4n) is 2.14. The van der Waals surface area contributed by atoms with Gasteiger partial charge in [-0.05, 0) is 47.1 Å². The van der Waals surface area contributed by atoms with E-state index in [1.807, 2.05) is 37.3 Å². The second kappa shape index (κ2) is 6.81. The number of furan rings is 1. The normalized spacial score (nSPS) is 16.7. The summed E-state index contributed by atoms with van der Waals surface area (Å²) in [4.78, 5) is 14.3. The second-order valence-corrected chi connectivity index (χ2v) is 7.69. The number of halogens is 2. The molecule has 1 saturated heterocycles. The third-order valence-corrected chi connectivity index (χ3v) is 5.90. The van der Waals surface area contributed by atoms with Gasteiger partial charge in [0.2, 0.25) is 0 Å². The Hall–Kier alpha value is -1.08. The van der Waals surface area contributed by atoms with Gasteiger partial charge >= 0.3 is 0 Å². The highest BCUT2D eigenvalue weighted by atomic mass is 79.9. The zero-order valence-electron chi connectivity index (χ0n) is 12.0. The number of carbonyl (C=O) groups is 1. The van der Waals surface area contributed by atoms with E-state index in [0.717, 1.165) is 10.0 Å². The summed E-state index contributed by atoms with van der Waals surface area (Å²) >= 11 is 16.0. The van der Waals surface area contributed by atoms with Crippen LogP contribution in [0, 0.1) is 0 Å². The average Bonchev–Trinajstić information content (AvgIpc) is 3.08. The van der Waals surface area contributed by atoms with Crippen LogP contribution in [0.3, 0.4) is 0 Å². The van der Waals surface area contributed by atoms with Crippen LogP contribution in [0.5, 0.6) is 0 Å². The van der Waals surface area contributed by atoms with Crippen molar-refractivity contribution in [1.82, 2.24) is 4.90 Å². The molecule has 1 aliphatic rings. The molecule has 0 aliphatic carbocycles. The Morgan fingerprint density at radius 2 is 2.17 bits per heavy atom. The van der Waals surface area contributed by atoms with Crippen LogP contribution in [0.1, 0.15) is 12.7 Å². The van der Waals surface area contributed by atoms with E-state index in [4.69, 9.17) is 28.2 Å². The predicted octanol–water partition coefficient (Wildman–Crippen LogP) is 5.58. The van der Waals surface area contributed by atoms with Crippen LogP contribution < -0.4 is 0 Å². The van der Waals surface area contributed by atoms with Crippen molar-refractivity contribution in [3.63, 3.8) is 0 Å². The number of hydrogen-bond donors (Lipinski definition) is 0. The van der Waals surface area contributed by atoms with Crippen LogP contribution in [-0.2, 0) is 4.79 Å². The molecule has 2 heterocycles. The van der Waals surface area contributed by atoms with Crippen molar-refractivity contribution in [3.8, 4) is 11.3 Å². The lowest BCUT2D eigenvalue weighted by Crippen LogP contribution is -2.27. The zero-order valence-corrected chi connectivity index (χ0v) is 16.0. The van der Waals surface area contributed by atoms with Gasteiger partial charge in [0.1, 0.15) is 15.8 Å². The quantitative estimate of drug-likeness (QED) is 0.472. The summed E-state index contributed by atoms with van der Waals surface area (Å²) in [5.74, 6) is 1.22. The first-order chi connectivity index (χ1) is 11.0. The number of nitrogens with zero attached hydrogens (tertiary/aromatic N) is 1. The topological polar surface area (TPSA) is 33.5 Å². The van der Waals surface area contributed by atoms with Crippen LogP contribution in [-0.4, -0.2) is 21.7 Å². The lowest BCUT2D eigenvalue weighted by Gasteiger charge is -2.09. The molecule has 0 spiro atoms. The molecule has 0 saturated carbocycles. The molecule has 7 heteroatoms. The van der Waals surface area contributed by atoms with Gasteiger partial charge in [0.25, 0.3) is 5.91 Å². The summed E-state index contributed by atoms with van der Waals surface area (Å²) < 4.78 is 7.21. The first-order valence-corrected chi connectivity index (χ1v) is 9.20. The summed E-state index contributed by atoms with van der Waals surface area (Å²) in [5, 5.41) is 0.615. The number of amides is 1. The summed E-state index contributed by atoms with van der Waals surface area (Å²) in [6.07, 6.45) is 1.72. The number of rotatable bonds is 3. The van der Waals surface area contributed by atoms with Gasteiger partial charge in [0.05, 0.1) is 9.93 Å². The number of benzene rings is 1. The smallest absolute Gasteiger partial charge is 0.266 e. The van der Waals surface area contributed by atoms with Crippen LogP contribution >= 0.6 is 51.5 Å². The molecular formula is C16H11BrClNO2S2. The van der Waals surface area contributed by atoms with Gasteiger partial charge in [-0.2, -0.15) is 0 Å². The molecule has 0 N–H and O–H groups in total. The highest BCUT2D eigenvalue weighted by Gasteiger charge is 2.30. The first-order valence-electron chi connectivity index (χ1n) is 6.80. The largest absolute Gasteiger partial charge is 0.457 e. The number of thioether (sulfide) groups is 1.